The molecule has 0 aliphatic rings. The maximum Gasteiger partial charge on any atom is 0.0412 e. The highest BCUT2D eigenvalue weighted by Crippen LogP contribution is 2.26. The summed E-state index contributed by atoms with van der Waals surface area (Å²) in [6.45, 7) is 0. The van der Waals surface area contributed by atoms with Gasteiger partial charge in [-0.3, -0.25) is 0 Å². The Kier molecular flexibility index (Phi) is 2.58. The lowest BCUT2D eigenvalue weighted by Gasteiger charge is -2.04. The van der Waals surface area contributed by atoms with Gasteiger partial charge in [-0.2, -0.15) is 0 Å². The zero-order valence-electron chi connectivity index (χ0n) is 9.15. The Morgan fingerprint density at radius 1 is 0.706 bits per heavy atom. The molecule has 81 valence electrons. The first kappa shape index (κ1) is 10.4. The molecule has 1 heteroatoms. The van der Waals surface area contributed by atoms with Crippen molar-refractivity contribution < 1.29 is 0 Å². The van der Waals surface area contributed by atoms with Crippen LogP contribution in [0.5, 0.6) is 0 Å². The highest BCUT2D eigenvalue weighted by molar-refractivity contribution is 6.31. The first-order valence-electron chi connectivity index (χ1n) is 5.49. The predicted octanol–water partition coefficient (Wildman–Crippen LogP) is 4.96. The molecule has 0 unspecified atom stereocenters. The van der Waals surface area contributed by atoms with Crippen molar-refractivity contribution in [3.8, 4) is 11.1 Å². The van der Waals surface area contributed by atoms with Crippen LogP contribution < -0.4 is 0 Å². The minimum Gasteiger partial charge on any atom is -0.0843 e. The van der Waals surface area contributed by atoms with Crippen LogP contribution in [0.15, 0.2) is 60.7 Å². The second-order valence-electron chi connectivity index (χ2n) is 3.99. The van der Waals surface area contributed by atoms with Gasteiger partial charge in [0.2, 0.25) is 0 Å². The van der Waals surface area contributed by atoms with Gasteiger partial charge in [0.1, 0.15) is 0 Å². The van der Waals surface area contributed by atoms with Gasteiger partial charge in [-0.25, -0.2) is 0 Å². The van der Waals surface area contributed by atoms with Crippen molar-refractivity contribution in [3.63, 3.8) is 0 Å². The molecule has 0 nitrogen and oxygen atoms in total. The molecule has 0 heterocycles. The van der Waals surface area contributed by atoms with Gasteiger partial charge in [0.15, 0.2) is 0 Å². The third-order valence-electron chi connectivity index (χ3n) is 2.85. The third-order valence-corrected chi connectivity index (χ3v) is 3.09. The lowest BCUT2D eigenvalue weighted by atomic mass is 10.0. The SMILES string of the molecule is Clc1ccc2ccc(-c3cc[c]cc3)cc2c1. The molecule has 0 amide bonds. The van der Waals surface area contributed by atoms with Crippen molar-refractivity contribution >= 4 is 22.4 Å². The number of hydrogen-bond acceptors (Lipinski definition) is 0. The molecule has 1 radical (unpaired) electrons. The van der Waals surface area contributed by atoms with Crippen molar-refractivity contribution in [2.24, 2.45) is 0 Å². The fraction of sp³-hybridized carbons (Fsp3) is 0. The van der Waals surface area contributed by atoms with E-state index in [2.05, 4.69) is 36.4 Å². The molecule has 3 rings (SSSR count). The topological polar surface area (TPSA) is 0 Å². The Balaban J connectivity index is 2.19. The Labute approximate surface area is 105 Å². The van der Waals surface area contributed by atoms with Crippen LogP contribution in [0.2, 0.25) is 5.02 Å². The molecule has 0 aliphatic heterocycles. The molecule has 0 fully saturated rings. The molecular formula is C16H10Cl. The van der Waals surface area contributed by atoms with Crippen LogP contribution in [-0.4, -0.2) is 0 Å². The number of fused-ring (bicyclic) bond motifs is 1. The Hall–Kier alpha value is -1.79. The van der Waals surface area contributed by atoms with E-state index in [0.717, 1.165) is 5.02 Å². The van der Waals surface area contributed by atoms with Crippen LogP contribution >= 0.6 is 11.6 Å². The Bertz CT molecular complexity index is 657. The minimum atomic E-state index is 0.774. The van der Waals surface area contributed by atoms with Gasteiger partial charge in [-0.05, 0) is 46.2 Å². The molecule has 17 heavy (non-hydrogen) atoms. The first-order chi connectivity index (χ1) is 8.33. The summed E-state index contributed by atoms with van der Waals surface area (Å²) in [6.07, 6.45) is 0. The fourth-order valence-corrected chi connectivity index (χ4v) is 2.16. The number of hydrogen-bond donors (Lipinski definition) is 0. The number of benzene rings is 3. The normalized spacial score (nSPS) is 10.6. The van der Waals surface area contributed by atoms with Crippen LogP contribution in [0.25, 0.3) is 21.9 Å². The summed E-state index contributed by atoms with van der Waals surface area (Å²) in [7, 11) is 0. The maximum atomic E-state index is 6.01. The van der Waals surface area contributed by atoms with E-state index < -0.39 is 0 Å². The molecular weight excluding hydrogens is 228 g/mol. The van der Waals surface area contributed by atoms with Gasteiger partial charge in [-0.1, -0.05) is 54.1 Å². The van der Waals surface area contributed by atoms with Gasteiger partial charge in [0, 0.05) is 5.02 Å². The summed E-state index contributed by atoms with van der Waals surface area (Å²) in [5, 5.41) is 3.15. The van der Waals surface area contributed by atoms with Crippen molar-refractivity contribution in [1.82, 2.24) is 0 Å². The van der Waals surface area contributed by atoms with E-state index in [-0.39, 0.29) is 0 Å². The van der Waals surface area contributed by atoms with E-state index in [1.807, 2.05) is 30.3 Å². The second-order valence-corrected chi connectivity index (χ2v) is 4.43. The maximum absolute atomic E-state index is 6.01. The van der Waals surface area contributed by atoms with Crippen LogP contribution in [0, 0.1) is 6.07 Å². The summed E-state index contributed by atoms with van der Waals surface area (Å²) in [5.74, 6) is 0. The molecule has 0 saturated heterocycles. The van der Waals surface area contributed by atoms with Crippen LogP contribution in [-0.2, 0) is 0 Å². The van der Waals surface area contributed by atoms with E-state index in [9.17, 15) is 0 Å². The molecule has 3 aromatic rings. The predicted molar refractivity (Wildman–Crippen MR) is 73.2 cm³/mol. The standard InChI is InChI=1S/C16H10Cl/c17-16-9-8-13-6-7-14(10-15(13)11-16)12-4-2-1-3-5-12/h2-11H. The summed E-state index contributed by atoms with van der Waals surface area (Å²) in [4.78, 5) is 0. The summed E-state index contributed by atoms with van der Waals surface area (Å²) in [5.41, 5.74) is 2.40. The molecule has 0 N–H and O–H groups in total. The quantitative estimate of drug-likeness (QED) is 0.561. The van der Waals surface area contributed by atoms with Crippen molar-refractivity contribution in [1.29, 1.82) is 0 Å². The van der Waals surface area contributed by atoms with Gasteiger partial charge >= 0.3 is 0 Å². The molecule has 0 spiro atoms. The van der Waals surface area contributed by atoms with Crippen molar-refractivity contribution in [3.05, 3.63) is 71.8 Å². The highest BCUT2D eigenvalue weighted by Gasteiger charge is 1.99. The monoisotopic (exact) mass is 237 g/mol. The van der Waals surface area contributed by atoms with Crippen LogP contribution in [0.4, 0.5) is 0 Å². The number of rotatable bonds is 1. The molecule has 0 aliphatic carbocycles. The summed E-state index contributed by atoms with van der Waals surface area (Å²) < 4.78 is 0. The van der Waals surface area contributed by atoms with Crippen LogP contribution in [0.3, 0.4) is 0 Å². The Morgan fingerprint density at radius 2 is 1.47 bits per heavy atom. The van der Waals surface area contributed by atoms with Crippen molar-refractivity contribution in [2.75, 3.05) is 0 Å². The Morgan fingerprint density at radius 3 is 2.29 bits per heavy atom. The first-order valence-corrected chi connectivity index (χ1v) is 5.86. The largest absolute Gasteiger partial charge is 0.0843 e. The van der Waals surface area contributed by atoms with E-state index in [1.54, 1.807) is 0 Å². The van der Waals surface area contributed by atoms with Gasteiger partial charge in [-0.15, -0.1) is 0 Å². The van der Waals surface area contributed by atoms with E-state index in [1.165, 1.54) is 21.9 Å². The third kappa shape index (κ3) is 2.04. The smallest absolute Gasteiger partial charge is 0.0412 e. The zero-order chi connectivity index (χ0) is 11.7. The minimum absolute atomic E-state index is 0.774. The summed E-state index contributed by atoms with van der Waals surface area (Å²) in [6, 6.07) is 23.4. The van der Waals surface area contributed by atoms with E-state index in [0.29, 0.717) is 0 Å². The summed E-state index contributed by atoms with van der Waals surface area (Å²) >= 11 is 6.01. The zero-order valence-corrected chi connectivity index (χ0v) is 9.91. The average Bonchev–Trinajstić information content (AvgIpc) is 2.39. The lowest BCUT2D eigenvalue weighted by Crippen LogP contribution is -1.78. The highest BCUT2D eigenvalue weighted by atomic mass is 35.5. The molecule has 0 aromatic heterocycles. The molecule has 0 saturated carbocycles. The van der Waals surface area contributed by atoms with Gasteiger partial charge < -0.3 is 0 Å². The molecule has 0 atom stereocenters. The second kappa shape index (κ2) is 4.23. The van der Waals surface area contributed by atoms with Crippen molar-refractivity contribution in [2.45, 2.75) is 0 Å². The number of halogens is 1. The van der Waals surface area contributed by atoms with E-state index >= 15 is 0 Å². The molecule has 3 aromatic carbocycles. The average molecular weight is 238 g/mol. The lowest BCUT2D eigenvalue weighted by molar-refractivity contribution is 1.63. The van der Waals surface area contributed by atoms with Gasteiger partial charge in [0.05, 0.1) is 0 Å². The van der Waals surface area contributed by atoms with Gasteiger partial charge in [0.25, 0.3) is 0 Å². The van der Waals surface area contributed by atoms with E-state index in [4.69, 9.17) is 11.6 Å². The molecule has 0 bridgehead atoms. The fourth-order valence-electron chi connectivity index (χ4n) is 1.98. The van der Waals surface area contributed by atoms with Crippen LogP contribution in [0.1, 0.15) is 0 Å².